The number of benzene rings is 1. The van der Waals surface area contributed by atoms with Crippen LogP contribution in [0.5, 0.6) is 0 Å². The Hall–Kier alpha value is -0.910. The molecule has 2 aliphatic rings. The fraction of sp³-hybridized carbons (Fsp3) is 0.533. The molecule has 0 atom stereocenters. The van der Waals surface area contributed by atoms with Gasteiger partial charge >= 0.3 is 0 Å². The number of carbonyl (C=O) groups excluding carboxylic acids is 1. The standard InChI is InChI=1S/C15H18BrNO3/c1-14(2)19-9-15(10-20-14)7-17(8-15)13(18)11-4-3-5-12(16)6-11/h3-6H,7-10H2,1-2H3. The van der Waals surface area contributed by atoms with Gasteiger partial charge in [0.2, 0.25) is 0 Å². The number of ether oxygens (including phenoxy) is 2. The minimum Gasteiger partial charge on any atom is -0.350 e. The molecule has 20 heavy (non-hydrogen) atoms. The number of likely N-dealkylation sites (tertiary alicyclic amines) is 1. The molecule has 2 saturated heterocycles. The molecule has 5 heteroatoms. The first-order chi connectivity index (χ1) is 9.39. The Morgan fingerprint density at radius 1 is 1.25 bits per heavy atom. The van der Waals surface area contributed by atoms with Crippen LogP contribution in [0.4, 0.5) is 0 Å². The van der Waals surface area contributed by atoms with Crippen LogP contribution in [0.3, 0.4) is 0 Å². The summed E-state index contributed by atoms with van der Waals surface area (Å²) in [5.41, 5.74) is 0.698. The van der Waals surface area contributed by atoms with Crippen LogP contribution in [0.1, 0.15) is 24.2 Å². The highest BCUT2D eigenvalue weighted by molar-refractivity contribution is 9.10. The second-order valence-electron chi connectivity index (χ2n) is 6.15. The number of nitrogens with zero attached hydrogens (tertiary/aromatic N) is 1. The Labute approximate surface area is 127 Å². The van der Waals surface area contributed by atoms with E-state index in [9.17, 15) is 4.79 Å². The first kappa shape index (κ1) is 14.0. The molecule has 0 unspecified atom stereocenters. The number of amides is 1. The molecule has 4 nitrogen and oxygen atoms in total. The van der Waals surface area contributed by atoms with Gasteiger partial charge in [0.05, 0.1) is 18.6 Å². The molecule has 108 valence electrons. The van der Waals surface area contributed by atoms with Crippen molar-refractivity contribution in [3.8, 4) is 0 Å². The molecule has 0 bridgehead atoms. The quantitative estimate of drug-likeness (QED) is 0.789. The molecule has 0 aliphatic carbocycles. The molecular weight excluding hydrogens is 322 g/mol. The van der Waals surface area contributed by atoms with Gasteiger partial charge in [-0.25, -0.2) is 0 Å². The maximum atomic E-state index is 12.4. The molecule has 2 heterocycles. The van der Waals surface area contributed by atoms with E-state index in [0.29, 0.717) is 31.9 Å². The van der Waals surface area contributed by atoms with Crippen LogP contribution in [0.25, 0.3) is 0 Å². The summed E-state index contributed by atoms with van der Waals surface area (Å²) in [4.78, 5) is 14.2. The highest BCUT2D eigenvalue weighted by Gasteiger charge is 2.50. The summed E-state index contributed by atoms with van der Waals surface area (Å²) in [5.74, 6) is -0.429. The van der Waals surface area contributed by atoms with Crippen molar-refractivity contribution in [3.63, 3.8) is 0 Å². The smallest absolute Gasteiger partial charge is 0.253 e. The van der Waals surface area contributed by atoms with Gasteiger partial charge in [-0.1, -0.05) is 22.0 Å². The molecule has 2 fully saturated rings. The lowest BCUT2D eigenvalue weighted by molar-refractivity contribution is -0.301. The van der Waals surface area contributed by atoms with Gasteiger partial charge in [0.15, 0.2) is 5.79 Å². The monoisotopic (exact) mass is 339 g/mol. The molecule has 2 aliphatic heterocycles. The van der Waals surface area contributed by atoms with Gasteiger partial charge in [-0.3, -0.25) is 4.79 Å². The van der Waals surface area contributed by atoms with Crippen LogP contribution in [0.2, 0.25) is 0 Å². The maximum Gasteiger partial charge on any atom is 0.253 e. The fourth-order valence-electron chi connectivity index (χ4n) is 2.63. The van der Waals surface area contributed by atoms with E-state index in [1.165, 1.54) is 0 Å². The zero-order valence-electron chi connectivity index (χ0n) is 11.7. The fourth-order valence-corrected chi connectivity index (χ4v) is 3.03. The summed E-state index contributed by atoms with van der Waals surface area (Å²) in [5, 5.41) is 0. The highest BCUT2D eigenvalue weighted by Crippen LogP contribution is 2.38. The minimum absolute atomic E-state index is 0.0167. The molecule has 0 N–H and O–H groups in total. The van der Waals surface area contributed by atoms with Crippen molar-refractivity contribution < 1.29 is 14.3 Å². The third-order valence-corrected chi connectivity index (χ3v) is 4.36. The first-order valence-corrected chi connectivity index (χ1v) is 7.51. The third kappa shape index (κ3) is 2.62. The van der Waals surface area contributed by atoms with Crippen molar-refractivity contribution in [2.75, 3.05) is 26.3 Å². The van der Waals surface area contributed by atoms with E-state index in [4.69, 9.17) is 9.47 Å². The summed E-state index contributed by atoms with van der Waals surface area (Å²) in [7, 11) is 0. The van der Waals surface area contributed by atoms with E-state index >= 15 is 0 Å². The molecule has 1 spiro atoms. The minimum atomic E-state index is -0.500. The van der Waals surface area contributed by atoms with Crippen molar-refractivity contribution in [2.24, 2.45) is 5.41 Å². The maximum absolute atomic E-state index is 12.4. The Morgan fingerprint density at radius 3 is 2.50 bits per heavy atom. The van der Waals surface area contributed by atoms with Crippen molar-refractivity contribution in [3.05, 3.63) is 34.3 Å². The summed E-state index contributed by atoms with van der Waals surface area (Å²) in [6.45, 7) is 6.55. The van der Waals surface area contributed by atoms with E-state index in [0.717, 1.165) is 4.47 Å². The lowest BCUT2D eigenvalue weighted by Gasteiger charge is -2.54. The van der Waals surface area contributed by atoms with Gasteiger partial charge in [-0.05, 0) is 32.0 Å². The van der Waals surface area contributed by atoms with Gasteiger partial charge in [0.1, 0.15) is 0 Å². The van der Waals surface area contributed by atoms with Gasteiger partial charge < -0.3 is 14.4 Å². The molecule has 0 aromatic heterocycles. The van der Waals surface area contributed by atoms with Crippen LogP contribution in [-0.4, -0.2) is 42.9 Å². The summed E-state index contributed by atoms with van der Waals surface area (Å²) < 4.78 is 12.3. The number of rotatable bonds is 1. The molecule has 1 amide bonds. The molecule has 0 saturated carbocycles. The van der Waals surface area contributed by atoms with Gasteiger partial charge in [0.25, 0.3) is 5.91 Å². The van der Waals surface area contributed by atoms with Crippen molar-refractivity contribution in [1.82, 2.24) is 4.90 Å². The second-order valence-corrected chi connectivity index (χ2v) is 7.06. The Morgan fingerprint density at radius 2 is 1.90 bits per heavy atom. The van der Waals surface area contributed by atoms with Crippen LogP contribution < -0.4 is 0 Å². The number of halogens is 1. The Kier molecular flexibility index (Phi) is 3.39. The SMILES string of the molecule is CC1(C)OCC2(CO1)CN(C(=O)c1cccc(Br)c1)C2. The largest absolute Gasteiger partial charge is 0.350 e. The van der Waals surface area contributed by atoms with Crippen LogP contribution in [0.15, 0.2) is 28.7 Å². The molecule has 0 radical (unpaired) electrons. The average Bonchev–Trinajstić information content (AvgIpc) is 2.36. The highest BCUT2D eigenvalue weighted by atomic mass is 79.9. The Balaban J connectivity index is 1.62. The molecule has 1 aromatic rings. The van der Waals surface area contributed by atoms with Crippen LogP contribution in [-0.2, 0) is 9.47 Å². The van der Waals surface area contributed by atoms with E-state index in [-0.39, 0.29) is 11.3 Å². The lowest BCUT2D eigenvalue weighted by Crippen LogP contribution is -2.65. The zero-order valence-corrected chi connectivity index (χ0v) is 13.3. The average molecular weight is 340 g/mol. The van der Waals surface area contributed by atoms with Gasteiger partial charge in [-0.15, -0.1) is 0 Å². The van der Waals surface area contributed by atoms with Gasteiger partial charge in [-0.2, -0.15) is 0 Å². The predicted octanol–water partition coefficient (Wildman–Crippen LogP) is 2.67. The van der Waals surface area contributed by atoms with E-state index < -0.39 is 5.79 Å². The Bertz CT molecular complexity index is 526. The summed E-state index contributed by atoms with van der Waals surface area (Å²) in [6, 6.07) is 7.49. The van der Waals surface area contributed by atoms with Gasteiger partial charge in [0, 0.05) is 23.1 Å². The normalized spacial score (nSPS) is 23.4. The number of hydrogen-bond donors (Lipinski definition) is 0. The van der Waals surface area contributed by atoms with Crippen LogP contribution >= 0.6 is 15.9 Å². The summed E-state index contributed by atoms with van der Waals surface area (Å²) >= 11 is 3.39. The molecule has 3 rings (SSSR count). The second kappa shape index (κ2) is 4.83. The zero-order chi connectivity index (χ0) is 14.4. The van der Waals surface area contributed by atoms with Crippen molar-refractivity contribution in [2.45, 2.75) is 19.6 Å². The van der Waals surface area contributed by atoms with Crippen molar-refractivity contribution in [1.29, 1.82) is 0 Å². The topological polar surface area (TPSA) is 38.8 Å². The number of hydrogen-bond acceptors (Lipinski definition) is 3. The van der Waals surface area contributed by atoms with Crippen molar-refractivity contribution >= 4 is 21.8 Å². The lowest BCUT2D eigenvalue weighted by atomic mass is 9.80. The molecule has 1 aromatic carbocycles. The van der Waals surface area contributed by atoms with E-state index in [2.05, 4.69) is 15.9 Å². The predicted molar refractivity (Wildman–Crippen MR) is 78.5 cm³/mol. The van der Waals surface area contributed by atoms with E-state index in [1.54, 1.807) is 0 Å². The molecular formula is C15H18BrNO3. The number of carbonyl (C=O) groups is 1. The third-order valence-electron chi connectivity index (χ3n) is 3.86. The first-order valence-electron chi connectivity index (χ1n) is 6.72. The van der Waals surface area contributed by atoms with E-state index in [1.807, 2.05) is 43.0 Å². The van der Waals surface area contributed by atoms with Crippen LogP contribution in [0, 0.1) is 5.41 Å². The summed E-state index contributed by atoms with van der Waals surface area (Å²) in [6.07, 6.45) is 0.